The minimum Gasteiger partial charge on any atom is -0.483 e. The zero-order valence-electron chi connectivity index (χ0n) is 21.9. The van der Waals surface area contributed by atoms with Gasteiger partial charge in [-0.15, -0.1) is 0 Å². The summed E-state index contributed by atoms with van der Waals surface area (Å²) in [6.07, 6.45) is 4.31. The molecule has 39 heavy (non-hydrogen) atoms. The number of fused-ring (bicyclic) bond motifs is 1. The van der Waals surface area contributed by atoms with Crippen molar-refractivity contribution in [3.63, 3.8) is 0 Å². The van der Waals surface area contributed by atoms with Crippen molar-refractivity contribution < 1.29 is 18.7 Å². The number of nitrogens with one attached hydrogen (secondary N) is 1. The summed E-state index contributed by atoms with van der Waals surface area (Å²) < 4.78 is 20.8. The highest BCUT2D eigenvalue weighted by atomic mass is 19.1. The number of hydrogen-bond donors (Lipinski definition) is 1. The third kappa shape index (κ3) is 6.63. The average molecular weight is 525 g/mol. The molecule has 0 radical (unpaired) electrons. The molecule has 0 spiro atoms. The molecular weight excluding hydrogens is 491 g/mol. The van der Waals surface area contributed by atoms with Gasteiger partial charge in [0.15, 0.2) is 6.61 Å². The first-order valence-corrected chi connectivity index (χ1v) is 13.6. The standard InChI is InChI=1S/C33H33FN2O3/c34-29-19-9-5-14-26(29)22-36(32(37)23-39-31-20-10-15-25-13-4-8-18-28(25)31)30(21-24-11-2-1-3-12-24)33(38)35-27-16-6-7-17-27/h1-5,8-15,18-20,27,30H,6-7,16-17,21-23H2,(H,35,38)/t30-/m0/s1. The van der Waals surface area contributed by atoms with Crippen LogP contribution in [-0.4, -0.2) is 35.4 Å². The molecule has 5 nitrogen and oxygen atoms in total. The topological polar surface area (TPSA) is 58.6 Å². The molecule has 0 saturated heterocycles. The molecule has 1 aliphatic carbocycles. The molecule has 2 amide bonds. The summed E-state index contributed by atoms with van der Waals surface area (Å²) in [7, 11) is 0. The largest absolute Gasteiger partial charge is 0.483 e. The van der Waals surface area contributed by atoms with Gasteiger partial charge in [-0.2, -0.15) is 0 Å². The average Bonchev–Trinajstić information content (AvgIpc) is 3.48. The van der Waals surface area contributed by atoms with Gasteiger partial charge in [0.2, 0.25) is 5.91 Å². The van der Waals surface area contributed by atoms with E-state index in [2.05, 4.69) is 5.32 Å². The Bertz CT molecular complexity index is 1410. The number of amides is 2. The fraction of sp³-hybridized carbons (Fsp3) is 0.273. The lowest BCUT2D eigenvalue weighted by Gasteiger charge is -2.32. The van der Waals surface area contributed by atoms with Crippen molar-refractivity contribution in [1.82, 2.24) is 10.2 Å². The quantitative estimate of drug-likeness (QED) is 0.275. The van der Waals surface area contributed by atoms with Crippen LogP contribution in [0.5, 0.6) is 5.75 Å². The molecule has 1 N–H and O–H groups in total. The smallest absolute Gasteiger partial charge is 0.261 e. The van der Waals surface area contributed by atoms with E-state index in [-0.39, 0.29) is 31.0 Å². The van der Waals surface area contributed by atoms with E-state index >= 15 is 0 Å². The molecule has 1 saturated carbocycles. The van der Waals surface area contributed by atoms with Crippen molar-refractivity contribution in [1.29, 1.82) is 0 Å². The van der Waals surface area contributed by atoms with Crippen molar-refractivity contribution in [2.24, 2.45) is 0 Å². The monoisotopic (exact) mass is 524 g/mol. The number of hydrogen-bond acceptors (Lipinski definition) is 3. The Kier molecular flexibility index (Phi) is 8.51. The Balaban J connectivity index is 1.44. The van der Waals surface area contributed by atoms with Crippen LogP contribution in [-0.2, 0) is 22.6 Å². The van der Waals surface area contributed by atoms with Gasteiger partial charge >= 0.3 is 0 Å². The van der Waals surface area contributed by atoms with Crippen molar-refractivity contribution in [2.45, 2.75) is 50.7 Å². The van der Waals surface area contributed by atoms with E-state index in [0.29, 0.717) is 17.7 Å². The first-order chi connectivity index (χ1) is 19.1. The molecule has 0 unspecified atom stereocenters. The number of halogens is 1. The maximum atomic E-state index is 14.8. The highest BCUT2D eigenvalue weighted by Gasteiger charge is 2.33. The van der Waals surface area contributed by atoms with E-state index in [1.807, 2.05) is 72.8 Å². The number of carbonyl (C=O) groups excluding carboxylic acids is 2. The van der Waals surface area contributed by atoms with Gasteiger partial charge in [-0.05, 0) is 35.9 Å². The number of ether oxygens (including phenoxy) is 1. The lowest BCUT2D eigenvalue weighted by molar-refractivity contribution is -0.143. The molecule has 6 heteroatoms. The minimum atomic E-state index is -0.823. The second-order valence-electron chi connectivity index (χ2n) is 10.1. The van der Waals surface area contributed by atoms with Gasteiger partial charge in [0.25, 0.3) is 5.91 Å². The van der Waals surface area contributed by atoms with Crippen LogP contribution in [0.4, 0.5) is 4.39 Å². The maximum Gasteiger partial charge on any atom is 0.261 e. The predicted molar refractivity (Wildman–Crippen MR) is 151 cm³/mol. The van der Waals surface area contributed by atoms with E-state index in [9.17, 15) is 14.0 Å². The Morgan fingerprint density at radius 1 is 0.872 bits per heavy atom. The maximum absolute atomic E-state index is 14.8. The molecule has 1 fully saturated rings. The molecule has 1 atom stereocenters. The first-order valence-electron chi connectivity index (χ1n) is 13.6. The minimum absolute atomic E-state index is 0.0417. The Labute approximate surface area is 228 Å². The number of rotatable bonds is 10. The van der Waals surface area contributed by atoms with Gasteiger partial charge in [-0.25, -0.2) is 4.39 Å². The summed E-state index contributed by atoms with van der Waals surface area (Å²) in [6.45, 7) is -0.315. The number of carbonyl (C=O) groups is 2. The van der Waals surface area contributed by atoms with Gasteiger partial charge in [-0.1, -0.05) is 97.8 Å². The normalized spacial score (nSPS) is 14.2. The van der Waals surface area contributed by atoms with Crippen molar-refractivity contribution in [3.05, 3.63) is 114 Å². The molecule has 5 rings (SSSR count). The molecule has 0 aromatic heterocycles. The van der Waals surface area contributed by atoms with Crippen molar-refractivity contribution >= 4 is 22.6 Å². The van der Waals surface area contributed by atoms with Gasteiger partial charge in [0.1, 0.15) is 17.6 Å². The lowest BCUT2D eigenvalue weighted by Crippen LogP contribution is -2.53. The van der Waals surface area contributed by atoms with Crippen LogP contribution in [0.25, 0.3) is 10.8 Å². The summed E-state index contributed by atoms with van der Waals surface area (Å²) >= 11 is 0. The van der Waals surface area contributed by atoms with Crippen molar-refractivity contribution in [3.8, 4) is 5.75 Å². The van der Waals surface area contributed by atoms with E-state index in [4.69, 9.17) is 4.74 Å². The van der Waals surface area contributed by atoms with Crippen LogP contribution in [0.2, 0.25) is 0 Å². The Morgan fingerprint density at radius 2 is 1.56 bits per heavy atom. The third-order valence-electron chi connectivity index (χ3n) is 7.37. The third-order valence-corrected chi connectivity index (χ3v) is 7.37. The highest BCUT2D eigenvalue weighted by molar-refractivity contribution is 5.90. The van der Waals surface area contributed by atoms with Crippen LogP contribution < -0.4 is 10.1 Å². The lowest BCUT2D eigenvalue weighted by atomic mass is 10.0. The Morgan fingerprint density at radius 3 is 2.36 bits per heavy atom. The molecule has 4 aromatic rings. The molecule has 0 bridgehead atoms. The summed E-state index contributed by atoms with van der Waals surface area (Å²) in [5.41, 5.74) is 1.27. The van der Waals surface area contributed by atoms with Crippen LogP contribution in [0.3, 0.4) is 0 Å². The van der Waals surface area contributed by atoms with E-state index in [1.54, 1.807) is 18.2 Å². The fourth-order valence-electron chi connectivity index (χ4n) is 5.28. The van der Waals surface area contributed by atoms with Crippen LogP contribution >= 0.6 is 0 Å². The van der Waals surface area contributed by atoms with Gasteiger partial charge in [0.05, 0.1) is 0 Å². The van der Waals surface area contributed by atoms with Gasteiger partial charge < -0.3 is 15.0 Å². The fourth-order valence-corrected chi connectivity index (χ4v) is 5.28. The molecule has 200 valence electrons. The predicted octanol–water partition coefficient (Wildman–Crippen LogP) is 6.06. The van der Waals surface area contributed by atoms with E-state index in [1.165, 1.54) is 11.0 Å². The molecule has 0 heterocycles. The van der Waals surface area contributed by atoms with E-state index in [0.717, 1.165) is 42.0 Å². The van der Waals surface area contributed by atoms with Crippen LogP contribution in [0, 0.1) is 5.82 Å². The second kappa shape index (κ2) is 12.6. The molecular formula is C33H33FN2O3. The SMILES string of the molecule is O=C(NC1CCCC1)[C@H](Cc1ccccc1)N(Cc1ccccc1F)C(=O)COc1cccc2ccccc12. The second-order valence-corrected chi connectivity index (χ2v) is 10.1. The highest BCUT2D eigenvalue weighted by Crippen LogP contribution is 2.26. The zero-order chi connectivity index (χ0) is 27.0. The Hall–Kier alpha value is -4.19. The summed E-state index contributed by atoms with van der Waals surface area (Å²) in [6, 6.07) is 28.7. The van der Waals surface area contributed by atoms with Gasteiger partial charge in [0, 0.05) is 30.0 Å². The van der Waals surface area contributed by atoms with Crippen LogP contribution in [0.15, 0.2) is 97.1 Å². The molecule has 4 aromatic carbocycles. The molecule has 1 aliphatic rings. The summed E-state index contributed by atoms with van der Waals surface area (Å²) in [5.74, 6) is -0.434. The summed E-state index contributed by atoms with van der Waals surface area (Å²) in [4.78, 5) is 29.0. The number of nitrogens with zero attached hydrogens (tertiary/aromatic N) is 1. The summed E-state index contributed by atoms with van der Waals surface area (Å²) in [5, 5.41) is 5.07. The van der Waals surface area contributed by atoms with Crippen molar-refractivity contribution in [2.75, 3.05) is 6.61 Å². The first kappa shape index (κ1) is 26.4. The number of benzene rings is 4. The molecule has 0 aliphatic heterocycles. The van der Waals surface area contributed by atoms with E-state index < -0.39 is 11.9 Å². The van der Waals surface area contributed by atoms with Crippen LogP contribution in [0.1, 0.15) is 36.8 Å². The van der Waals surface area contributed by atoms with Gasteiger partial charge in [-0.3, -0.25) is 9.59 Å². The zero-order valence-corrected chi connectivity index (χ0v) is 21.9.